The van der Waals surface area contributed by atoms with Crippen molar-refractivity contribution in [1.29, 1.82) is 5.26 Å². The van der Waals surface area contributed by atoms with E-state index in [1.807, 2.05) is 12.3 Å². The third-order valence-electron chi connectivity index (χ3n) is 2.43. The Labute approximate surface area is 104 Å². The second kappa shape index (κ2) is 5.15. The summed E-state index contributed by atoms with van der Waals surface area (Å²) in [4.78, 5) is 0. The molecular formula is C13H11FN4. The summed E-state index contributed by atoms with van der Waals surface area (Å²) in [7, 11) is 0. The summed E-state index contributed by atoms with van der Waals surface area (Å²) in [5.41, 5.74) is 1.83. The standard InChI is InChI=1S/C13H11FN4/c1-2-18-9-10(8-17-18)7-16-13-4-3-12(14)5-11(13)6-15/h2-5,8-9,16H,1,7H2. The van der Waals surface area contributed by atoms with E-state index in [4.69, 9.17) is 5.26 Å². The van der Waals surface area contributed by atoms with Crippen LogP contribution in [0.15, 0.2) is 37.2 Å². The number of hydrogen-bond acceptors (Lipinski definition) is 3. The molecule has 0 aliphatic heterocycles. The summed E-state index contributed by atoms with van der Waals surface area (Å²) in [6.45, 7) is 4.10. The van der Waals surface area contributed by atoms with E-state index in [2.05, 4.69) is 17.0 Å². The molecule has 4 nitrogen and oxygen atoms in total. The average Bonchev–Trinajstić information content (AvgIpc) is 2.85. The van der Waals surface area contributed by atoms with Crippen molar-refractivity contribution < 1.29 is 4.39 Å². The number of nitriles is 1. The van der Waals surface area contributed by atoms with Gasteiger partial charge in [0.15, 0.2) is 0 Å². The molecule has 2 rings (SSSR count). The van der Waals surface area contributed by atoms with Crippen LogP contribution in [-0.2, 0) is 6.54 Å². The highest BCUT2D eigenvalue weighted by Crippen LogP contribution is 2.16. The van der Waals surface area contributed by atoms with E-state index in [9.17, 15) is 4.39 Å². The molecule has 5 heteroatoms. The Bertz CT molecular complexity index is 610. The summed E-state index contributed by atoms with van der Waals surface area (Å²) in [6.07, 6.45) is 5.10. The highest BCUT2D eigenvalue weighted by Gasteiger charge is 2.04. The molecule has 0 spiro atoms. The van der Waals surface area contributed by atoms with Gasteiger partial charge in [-0.05, 0) is 18.2 Å². The molecule has 1 aromatic carbocycles. The van der Waals surface area contributed by atoms with Crippen LogP contribution in [0, 0.1) is 17.1 Å². The van der Waals surface area contributed by atoms with Crippen LogP contribution < -0.4 is 5.32 Å². The first-order chi connectivity index (χ1) is 8.72. The number of nitrogens with one attached hydrogen (secondary N) is 1. The van der Waals surface area contributed by atoms with Crippen molar-refractivity contribution >= 4 is 11.9 Å². The summed E-state index contributed by atoms with van der Waals surface area (Å²) in [5.74, 6) is -0.420. The molecule has 0 radical (unpaired) electrons. The Kier molecular flexibility index (Phi) is 3.39. The molecule has 18 heavy (non-hydrogen) atoms. The lowest BCUT2D eigenvalue weighted by atomic mass is 10.2. The van der Waals surface area contributed by atoms with Crippen molar-refractivity contribution in [3.63, 3.8) is 0 Å². The lowest BCUT2D eigenvalue weighted by Crippen LogP contribution is -2.00. The fourth-order valence-electron chi connectivity index (χ4n) is 1.53. The molecule has 0 unspecified atom stereocenters. The molecule has 0 bridgehead atoms. The van der Waals surface area contributed by atoms with Crippen LogP contribution in [0.3, 0.4) is 0 Å². The lowest BCUT2D eigenvalue weighted by molar-refractivity contribution is 0.627. The van der Waals surface area contributed by atoms with Gasteiger partial charge in [-0.1, -0.05) is 6.58 Å². The molecule has 1 heterocycles. The fourth-order valence-corrected chi connectivity index (χ4v) is 1.53. The predicted octanol–water partition coefficient (Wildman–Crippen LogP) is 2.61. The van der Waals surface area contributed by atoms with Crippen LogP contribution in [0.1, 0.15) is 11.1 Å². The van der Waals surface area contributed by atoms with Crippen LogP contribution in [0.4, 0.5) is 10.1 Å². The molecular weight excluding hydrogens is 231 g/mol. The first kappa shape index (κ1) is 11.9. The van der Waals surface area contributed by atoms with Crippen molar-refractivity contribution in [3.05, 3.63) is 54.1 Å². The Morgan fingerprint density at radius 1 is 1.56 bits per heavy atom. The highest BCUT2D eigenvalue weighted by molar-refractivity contribution is 5.57. The van der Waals surface area contributed by atoms with E-state index in [1.54, 1.807) is 23.1 Å². The normalized spacial score (nSPS) is 9.78. The largest absolute Gasteiger partial charge is 0.380 e. The van der Waals surface area contributed by atoms with E-state index >= 15 is 0 Å². The number of anilines is 1. The maximum atomic E-state index is 12.9. The second-order valence-corrected chi connectivity index (χ2v) is 3.67. The van der Waals surface area contributed by atoms with Gasteiger partial charge in [0.25, 0.3) is 0 Å². The van der Waals surface area contributed by atoms with E-state index in [-0.39, 0.29) is 5.56 Å². The average molecular weight is 242 g/mol. The minimum atomic E-state index is -0.420. The third kappa shape index (κ3) is 2.55. The molecule has 0 atom stereocenters. The number of rotatable bonds is 4. The number of nitrogens with zero attached hydrogens (tertiary/aromatic N) is 3. The Morgan fingerprint density at radius 2 is 2.39 bits per heavy atom. The van der Waals surface area contributed by atoms with Crippen molar-refractivity contribution in [2.75, 3.05) is 5.32 Å². The van der Waals surface area contributed by atoms with Gasteiger partial charge in [0.05, 0.1) is 17.4 Å². The Balaban J connectivity index is 2.10. The van der Waals surface area contributed by atoms with Crippen LogP contribution >= 0.6 is 0 Å². The SMILES string of the molecule is C=Cn1cc(CNc2ccc(F)cc2C#N)cn1. The van der Waals surface area contributed by atoms with E-state index in [1.165, 1.54) is 12.1 Å². The van der Waals surface area contributed by atoms with Crippen molar-refractivity contribution in [2.45, 2.75) is 6.54 Å². The zero-order valence-corrected chi connectivity index (χ0v) is 9.60. The minimum absolute atomic E-state index is 0.283. The van der Waals surface area contributed by atoms with Gasteiger partial charge in [0.2, 0.25) is 0 Å². The van der Waals surface area contributed by atoms with Gasteiger partial charge >= 0.3 is 0 Å². The summed E-state index contributed by atoms with van der Waals surface area (Å²) in [5, 5.41) is 16.0. The number of hydrogen-bond donors (Lipinski definition) is 1. The first-order valence-corrected chi connectivity index (χ1v) is 5.32. The number of aromatic nitrogens is 2. The van der Waals surface area contributed by atoms with Crippen LogP contribution in [-0.4, -0.2) is 9.78 Å². The topological polar surface area (TPSA) is 53.6 Å². The molecule has 1 aromatic heterocycles. The zero-order chi connectivity index (χ0) is 13.0. The Morgan fingerprint density at radius 3 is 3.06 bits per heavy atom. The fraction of sp³-hybridized carbons (Fsp3) is 0.0769. The molecule has 1 N–H and O–H groups in total. The van der Waals surface area contributed by atoms with E-state index < -0.39 is 5.82 Å². The molecule has 0 fully saturated rings. The molecule has 90 valence electrons. The molecule has 0 aliphatic rings. The smallest absolute Gasteiger partial charge is 0.124 e. The summed E-state index contributed by atoms with van der Waals surface area (Å²) >= 11 is 0. The van der Waals surface area contributed by atoms with Crippen LogP contribution in [0.25, 0.3) is 6.20 Å². The monoisotopic (exact) mass is 242 g/mol. The van der Waals surface area contributed by atoms with E-state index in [0.717, 1.165) is 5.56 Å². The first-order valence-electron chi connectivity index (χ1n) is 5.32. The predicted molar refractivity (Wildman–Crippen MR) is 67.1 cm³/mol. The van der Waals surface area contributed by atoms with Crippen LogP contribution in [0.5, 0.6) is 0 Å². The van der Waals surface area contributed by atoms with Gasteiger partial charge in [-0.25, -0.2) is 9.07 Å². The minimum Gasteiger partial charge on any atom is -0.380 e. The van der Waals surface area contributed by atoms with Gasteiger partial charge in [-0.15, -0.1) is 0 Å². The van der Waals surface area contributed by atoms with Gasteiger partial charge in [-0.2, -0.15) is 10.4 Å². The lowest BCUT2D eigenvalue weighted by Gasteiger charge is -2.06. The van der Waals surface area contributed by atoms with Crippen LogP contribution in [0.2, 0.25) is 0 Å². The van der Waals surface area contributed by atoms with Crippen molar-refractivity contribution in [1.82, 2.24) is 9.78 Å². The molecule has 0 aliphatic carbocycles. The van der Waals surface area contributed by atoms with Gasteiger partial charge < -0.3 is 5.32 Å². The number of benzene rings is 1. The highest BCUT2D eigenvalue weighted by atomic mass is 19.1. The summed E-state index contributed by atoms with van der Waals surface area (Å²) < 4.78 is 14.5. The Hall–Kier alpha value is -2.61. The molecule has 0 amide bonds. The van der Waals surface area contributed by atoms with Crippen molar-refractivity contribution in [2.24, 2.45) is 0 Å². The molecule has 0 saturated carbocycles. The summed E-state index contributed by atoms with van der Waals surface area (Å²) in [6, 6.07) is 6.02. The zero-order valence-electron chi connectivity index (χ0n) is 9.60. The van der Waals surface area contributed by atoms with Crippen molar-refractivity contribution in [3.8, 4) is 6.07 Å². The quantitative estimate of drug-likeness (QED) is 0.896. The number of halogens is 1. The van der Waals surface area contributed by atoms with Gasteiger partial charge in [0.1, 0.15) is 11.9 Å². The maximum absolute atomic E-state index is 12.9. The molecule has 0 saturated heterocycles. The maximum Gasteiger partial charge on any atom is 0.124 e. The second-order valence-electron chi connectivity index (χ2n) is 3.67. The van der Waals surface area contributed by atoms with E-state index in [0.29, 0.717) is 12.2 Å². The molecule has 2 aromatic rings. The third-order valence-corrected chi connectivity index (χ3v) is 2.43. The van der Waals surface area contributed by atoms with Gasteiger partial charge in [0, 0.05) is 24.5 Å². The van der Waals surface area contributed by atoms with Gasteiger partial charge in [-0.3, -0.25) is 0 Å².